The van der Waals surface area contributed by atoms with Crippen LogP contribution in [0.2, 0.25) is 10.0 Å². The van der Waals surface area contributed by atoms with E-state index in [1.165, 1.54) is 36.4 Å². The van der Waals surface area contributed by atoms with Crippen LogP contribution in [0.15, 0.2) is 53.3 Å². The van der Waals surface area contributed by atoms with Crippen LogP contribution in [0.3, 0.4) is 0 Å². The van der Waals surface area contributed by atoms with E-state index in [0.29, 0.717) is 14.3 Å². The molecule has 0 bridgehead atoms. The molecule has 1 N–H and O–H groups in total. The SMILES string of the molecule is O=c1n(Cc2nc(C(F)F)n(-c3ccccc3Cl)n2)nc(-c2ccc(Cl)cc2)n1C[C@H](O)C(F)(F)F. The van der Waals surface area contributed by atoms with Crippen LogP contribution >= 0.6 is 23.2 Å². The number of benzene rings is 2. The fourth-order valence-corrected chi connectivity index (χ4v) is 3.65. The summed E-state index contributed by atoms with van der Waals surface area (Å²) in [4.78, 5) is 16.7. The van der Waals surface area contributed by atoms with Crippen molar-refractivity contribution in [2.24, 2.45) is 0 Å². The number of halogens is 7. The Hall–Kier alpha value is -3.29. The van der Waals surface area contributed by atoms with Crippen molar-refractivity contribution in [1.82, 2.24) is 29.1 Å². The second-order valence-corrected chi connectivity index (χ2v) is 8.33. The van der Waals surface area contributed by atoms with Crippen molar-refractivity contribution in [1.29, 1.82) is 0 Å². The van der Waals surface area contributed by atoms with Gasteiger partial charge in [0.05, 0.1) is 17.3 Å². The summed E-state index contributed by atoms with van der Waals surface area (Å²) < 4.78 is 68.5. The van der Waals surface area contributed by atoms with E-state index in [0.717, 1.165) is 4.68 Å². The predicted octanol–water partition coefficient (Wildman–Crippen LogP) is 4.51. The summed E-state index contributed by atoms with van der Waals surface area (Å²) in [5, 5.41) is 18.1. The van der Waals surface area contributed by atoms with Gasteiger partial charge in [0, 0.05) is 10.6 Å². The van der Waals surface area contributed by atoms with Gasteiger partial charge in [-0.15, -0.1) is 10.2 Å². The summed E-state index contributed by atoms with van der Waals surface area (Å²) in [6, 6.07) is 11.8. The summed E-state index contributed by atoms with van der Waals surface area (Å²) in [5.74, 6) is -1.23. The van der Waals surface area contributed by atoms with E-state index in [-0.39, 0.29) is 27.9 Å². The molecule has 2 aromatic carbocycles. The molecule has 0 radical (unpaired) electrons. The molecule has 15 heteroatoms. The van der Waals surface area contributed by atoms with Crippen LogP contribution in [-0.2, 0) is 13.1 Å². The molecule has 190 valence electrons. The molecule has 0 aliphatic heterocycles. The number of aliphatic hydroxyl groups is 1. The minimum absolute atomic E-state index is 0.112. The largest absolute Gasteiger partial charge is 0.416 e. The van der Waals surface area contributed by atoms with Gasteiger partial charge < -0.3 is 5.11 Å². The Morgan fingerprint density at radius 2 is 1.67 bits per heavy atom. The van der Waals surface area contributed by atoms with Crippen molar-refractivity contribution in [3.63, 3.8) is 0 Å². The number of alkyl halides is 5. The van der Waals surface area contributed by atoms with Gasteiger partial charge >= 0.3 is 11.9 Å². The average molecular weight is 549 g/mol. The van der Waals surface area contributed by atoms with E-state index >= 15 is 0 Å². The molecule has 0 amide bonds. The van der Waals surface area contributed by atoms with Crippen molar-refractivity contribution < 1.29 is 27.1 Å². The van der Waals surface area contributed by atoms with Gasteiger partial charge in [0.25, 0.3) is 6.43 Å². The van der Waals surface area contributed by atoms with Gasteiger partial charge in [-0.2, -0.15) is 13.2 Å². The third kappa shape index (κ3) is 5.27. The highest BCUT2D eigenvalue weighted by molar-refractivity contribution is 6.32. The third-order valence-electron chi connectivity index (χ3n) is 5.00. The van der Waals surface area contributed by atoms with Gasteiger partial charge in [0.15, 0.2) is 23.6 Å². The first-order valence-electron chi connectivity index (χ1n) is 10.1. The lowest BCUT2D eigenvalue weighted by Crippen LogP contribution is -2.37. The molecule has 4 rings (SSSR count). The quantitative estimate of drug-likeness (QED) is 0.343. The minimum atomic E-state index is -5.00. The number of hydrogen-bond acceptors (Lipinski definition) is 5. The summed E-state index contributed by atoms with van der Waals surface area (Å²) in [5.41, 5.74) is -0.704. The van der Waals surface area contributed by atoms with E-state index in [1.54, 1.807) is 12.1 Å². The van der Waals surface area contributed by atoms with Crippen LogP contribution in [0.4, 0.5) is 22.0 Å². The van der Waals surface area contributed by atoms with Crippen LogP contribution in [-0.4, -0.2) is 46.5 Å². The van der Waals surface area contributed by atoms with Crippen molar-refractivity contribution in [3.8, 4) is 17.1 Å². The molecular weight excluding hydrogens is 534 g/mol. The fraction of sp³-hybridized carbons (Fsp3) is 0.238. The first-order chi connectivity index (χ1) is 17.0. The Labute approximate surface area is 209 Å². The van der Waals surface area contributed by atoms with Crippen LogP contribution < -0.4 is 5.69 Å². The second-order valence-electron chi connectivity index (χ2n) is 7.49. The fourth-order valence-electron chi connectivity index (χ4n) is 3.31. The van der Waals surface area contributed by atoms with E-state index < -0.39 is 43.3 Å². The molecule has 36 heavy (non-hydrogen) atoms. The Kier molecular flexibility index (Phi) is 7.16. The monoisotopic (exact) mass is 548 g/mol. The van der Waals surface area contributed by atoms with Gasteiger partial charge in [-0.25, -0.2) is 27.9 Å². The van der Waals surface area contributed by atoms with Gasteiger partial charge in [-0.1, -0.05) is 35.3 Å². The normalized spacial score (nSPS) is 12.9. The third-order valence-corrected chi connectivity index (χ3v) is 5.57. The topological polar surface area (TPSA) is 90.8 Å². The minimum Gasteiger partial charge on any atom is -0.382 e. The number of aliphatic hydroxyl groups excluding tert-OH is 1. The number of para-hydroxylation sites is 1. The van der Waals surface area contributed by atoms with Gasteiger partial charge in [0.1, 0.15) is 6.54 Å². The van der Waals surface area contributed by atoms with E-state index in [4.69, 9.17) is 23.2 Å². The molecule has 0 spiro atoms. The van der Waals surface area contributed by atoms with Gasteiger partial charge in [0.2, 0.25) is 0 Å². The Bertz CT molecular complexity index is 1430. The first-order valence-corrected chi connectivity index (χ1v) is 10.9. The molecule has 0 aliphatic carbocycles. The molecule has 0 unspecified atom stereocenters. The van der Waals surface area contributed by atoms with Crippen LogP contribution in [0.5, 0.6) is 0 Å². The Balaban J connectivity index is 1.78. The van der Waals surface area contributed by atoms with Gasteiger partial charge in [-0.05, 0) is 36.4 Å². The second kappa shape index (κ2) is 9.99. The Morgan fingerprint density at radius 1 is 1.00 bits per heavy atom. The summed E-state index contributed by atoms with van der Waals surface area (Å²) in [6.45, 7) is -1.70. The maximum atomic E-state index is 13.7. The molecule has 0 aliphatic rings. The smallest absolute Gasteiger partial charge is 0.382 e. The van der Waals surface area contributed by atoms with Gasteiger partial charge in [-0.3, -0.25) is 4.57 Å². The molecule has 8 nitrogen and oxygen atoms in total. The summed E-state index contributed by atoms with van der Waals surface area (Å²) >= 11 is 11.9. The molecule has 1 atom stereocenters. The summed E-state index contributed by atoms with van der Waals surface area (Å²) in [7, 11) is 0. The highest BCUT2D eigenvalue weighted by Crippen LogP contribution is 2.26. The maximum absolute atomic E-state index is 13.7. The maximum Gasteiger partial charge on any atom is 0.416 e. The van der Waals surface area contributed by atoms with Crippen molar-refractivity contribution in [2.45, 2.75) is 31.8 Å². The Morgan fingerprint density at radius 3 is 2.28 bits per heavy atom. The molecule has 4 aromatic rings. The number of hydrogen-bond donors (Lipinski definition) is 1. The molecule has 2 aromatic heterocycles. The summed E-state index contributed by atoms with van der Waals surface area (Å²) in [6.07, 6.45) is -10.9. The standard InChI is InChI=1S/C21H15Cl2F5N6O2/c22-12-7-5-11(6-8-12)18-31-33(20(36)32(18)9-15(35)21(26,27)28)10-16-29-19(17(24)25)34(30-16)14-4-2-1-3-13(14)23/h1-8,15,17,35H,9-10H2/t15-/m0/s1. The predicted molar refractivity (Wildman–Crippen MR) is 119 cm³/mol. The zero-order valence-electron chi connectivity index (χ0n) is 17.9. The van der Waals surface area contributed by atoms with Crippen molar-refractivity contribution in [3.05, 3.63) is 80.7 Å². The van der Waals surface area contributed by atoms with E-state index in [9.17, 15) is 31.9 Å². The highest BCUT2D eigenvalue weighted by Gasteiger charge is 2.39. The lowest BCUT2D eigenvalue weighted by molar-refractivity contribution is -0.207. The molecule has 0 fully saturated rings. The van der Waals surface area contributed by atoms with Crippen LogP contribution in [0, 0.1) is 0 Å². The number of rotatable bonds is 7. The number of nitrogens with zero attached hydrogens (tertiary/aromatic N) is 6. The first kappa shape index (κ1) is 25.8. The van der Waals surface area contributed by atoms with Crippen LogP contribution in [0.25, 0.3) is 17.1 Å². The molecular formula is C21H15Cl2F5N6O2. The van der Waals surface area contributed by atoms with Crippen molar-refractivity contribution >= 4 is 23.2 Å². The zero-order valence-corrected chi connectivity index (χ0v) is 19.4. The number of aromatic nitrogens is 6. The van der Waals surface area contributed by atoms with Crippen molar-refractivity contribution in [2.75, 3.05) is 0 Å². The average Bonchev–Trinajstić information content (AvgIpc) is 3.36. The lowest BCUT2D eigenvalue weighted by atomic mass is 10.2. The highest BCUT2D eigenvalue weighted by atomic mass is 35.5. The zero-order chi connectivity index (χ0) is 26.2. The molecule has 0 saturated heterocycles. The molecule has 2 heterocycles. The lowest BCUT2D eigenvalue weighted by Gasteiger charge is -2.15. The van der Waals surface area contributed by atoms with E-state index in [1.807, 2.05) is 0 Å². The van der Waals surface area contributed by atoms with Crippen LogP contribution in [0.1, 0.15) is 18.1 Å². The van der Waals surface area contributed by atoms with E-state index in [2.05, 4.69) is 15.2 Å². The molecule has 0 saturated carbocycles.